The number of guanidine groups is 1. The summed E-state index contributed by atoms with van der Waals surface area (Å²) in [5.41, 5.74) is 0.143. The maximum Gasteiger partial charge on any atom is 0.261 e. The van der Waals surface area contributed by atoms with Gasteiger partial charge in [-0.05, 0) is 36.1 Å². The van der Waals surface area contributed by atoms with Gasteiger partial charge in [0.25, 0.3) is 5.91 Å². The fourth-order valence-corrected chi connectivity index (χ4v) is 4.09. The molecule has 1 fully saturated rings. The van der Waals surface area contributed by atoms with Crippen LogP contribution in [0.2, 0.25) is 0 Å². The van der Waals surface area contributed by atoms with Gasteiger partial charge in [0.1, 0.15) is 0 Å². The van der Waals surface area contributed by atoms with Crippen molar-refractivity contribution in [2.45, 2.75) is 46.1 Å². The molecular formula is C20H34N4O2S. The predicted molar refractivity (Wildman–Crippen MR) is 113 cm³/mol. The Bertz CT molecular complexity index is 596. The van der Waals surface area contributed by atoms with E-state index in [4.69, 9.17) is 4.74 Å². The Balaban J connectivity index is 1.66. The van der Waals surface area contributed by atoms with E-state index in [1.54, 1.807) is 7.05 Å². The molecule has 1 aromatic rings. The van der Waals surface area contributed by atoms with E-state index in [9.17, 15) is 4.79 Å². The van der Waals surface area contributed by atoms with Crippen LogP contribution in [0, 0.1) is 11.3 Å². The lowest BCUT2D eigenvalue weighted by Gasteiger charge is -2.40. The SMILES string of the molecule is CN=C(NCCCNC(=O)c1cccs1)NCC1CCCOC1C(C)(C)C. The van der Waals surface area contributed by atoms with E-state index in [2.05, 4.69) is 41.7 Å². The topological polar surface area (TPSA) is 74.8 Å². The largest absolute Gasteiger partial charge is 0.377 e. The van der Waals surface area contributed by atoms with Crippen LogP contribution in [0.5, 0.6) is 0 Å². The van der Waals surface area contributed by atoms with Gasteiger partial charge in [0, 0.05) is 39.2 Å². The molecule has 0 aliphatic carbocycles. The zero-order valence-electron chi connectivity index (χ0n) is 17.0. The van der Waals surface area contributed by atoms with Gasteiger partial charge in [-0.3, -0.25) is 9.79 Å². The van der Waals surface area contributed by atoms with Gasteiger partial charge >= 0.3 is 0 Å². The second-order valence-corrected chi connectivity index (χ2v) is 8.97. The van der Waals surface area contributed by atoms with Crippen LogP contribution in [0.4, 0.5) is 0 Å². The minimum absolute atomic E-state index is 0.00183. The summed E-state index contributed by atoms with van der Waals surface area (Å²) < 4.78 is 6.05. The Kier molecular flexibility index (Phi) is 8.57. The summed E-state index contributed by atoms with van der Waals surface area (Å²) in [7, 11) is 1.78. The van der Waals surface area contributed by atoms with Gasteiger partial charge < -0.3 is 20.7 Å². The molecule has 0 radical (unpaired) electrons. The quantitative estimate of drug-likeness (QED) is 0.378. The maximum absolute atomic E-state index is 11.9. The van der Waals surface area contributed by atoms with Gasteiger partial charge in [-0.15, -0.1) is 11.3 Å². The Hall–Kier alpha value is -1.60. The summed E-state index contributed by atoms with van der Waals surface area (Å²) >= 11 is 1.46. The van der Waals surface area contributed by atoms with Crippen molar-refractivity contribution in [3.63, 3.8) is 0 Å². The summed E-state index contributed by atoms with van der Waals surface area (Å²) in [6, 6.07) is 3.72. The molecule has 7 heteroatoms. The van der Waals surface area contributed by atoms with E-state index in [0.717, 1.165) is 43.4 Å². The van der Waals surface area contributed by atoms with E-state index >= 15 is 0 Å². The number of amides is 1. The van der Waals surface area contributed by atoms with Crippen molar-refractivity contribution in [1.82, 2.24) is 16.0 Å². The monoisotopic (exact) mass is 394 g/mol. The highest BCUT2D eigenvalue weighted by molar-refractivity contribution is 7.12. The molecule has 3 N–H and O–H groups in total. The summed E-state index contributed by atoms with van der Waals surface area (Å²) in [6.45, 7) is 9.85. The second kappa shape index (κ2) is 10.7. The molecular weight excluding hydrogens is 360 g/mol. The van der Waals surface area contributed by atoms with Gasteiger partial charge in [0.15, 0.2) is 5.96 Å². The lowest BCUT2D eigenvalue weighted by atomic mass is 9.78. The van der Waals surface area contributed by atoms with Crippen LogP contribution >= 0.6 is 11.3 Å². The van der Waals surface area contributed by atoms with Crippen molar-refractivity contribution >= 4 is 23.2 Å². The average Bonchev–Trinajstić information content (AvgIpc) is 3.18. The molecule has 27 heavy (non-hydrogen) atoms. The highest BCUT2D eigenvalue weighted by Gasteiger charge is 2.35. The number of rotatable bonds is 7. The molecule has 1 aliphatic rings. The fourth-order valence-electron chi connectivity index (χ4n) is 3.45. The van der Waals surface area contributed by atoms with Crippen LogP contribution in [0.3, 0.4) is 0 Å². The molecule has 1 amide bonds. The van der Waals surface area contributed by atoms with E-state index in [0.29, 0.717) is 12.5 Å². The van der Waals surface area contributed by atoms with Crippen molar-refractivity contribution in [2.24, 2.45) is 16.3 Å². The zero-order valence-corrected chi connectivity index (χ0v) is 17.8. The highest BCUT2D eigenvalue weighted by Crippen LogP contribution is 2.33. The van der Waals surface area contributed by atoms with E-state index in [1.807, 2.05) is 17.5 Å². The van der Waals surface area contributed by atoms with Crippen molar-refractivity contribution in [2.75, 3.05) is 33.3 Å². The third-order valence-corrected chi connectivity index (χ3v) is 5.60. The maximum atomic E-state index is 11.9. The predicted octanol–water partition coefficient (Wildman–Crippen LogP) is 2.87. The number of carbonyl (C=O) groups excluding carboxylic acids is 1. The van der Waals surface area contributed by atoms with Crippen LogP contribution in [0.1, 0.15) is 49.7 Å². The van der Waals surface area contributed by atoms with E-state index < -0.39 is 0 Å². The highest BCUT2D eigenvalue weighted by atomic mass is 32.1. The van der Waals surface area contributed by atoms with Crippen LogP contribution in [0.15, 0.2) is 22.5 Å². The molecule has 2 rings (SSSR count). The smallest absolute Gasteiger partial charge is 0.261 e. The van der Waals surface area contributed by atoms with Crippen molar-refractivity contribution in [3.8, 4) is 0 Å². The Morgan fingerprint density at radius 1 is 1.30 bits per heavy atom. The molecule has 2 unspecified atom stereocenters. The van der Waals surface area contributed by atoms with Crippen LogP contribution in [-0.4, -0.2) is 51.3 Å². The molecule has 2 heterocycles. The number of nitrogens with one attached hydrogen (secondary N) is 3. The second-order valence-electron chi connectivity index (χ2n) is 8.03. The van der Waals surface area contributed by atoms with Gasteiger partial charge in [-0.1, -0.05) is 26.8 Å². The minimum Gasteiger partial charge on any atom is -0.377 e. The standard InChI is InChI=1S/C20H34N4O2S/c1-20(2,3)17-15(8-5-12-26-17)14-24-19(21-4)23-11-7-10-22-18(25)16-9-6-13-27-16/h6,9,13,15,17H,5,7-8,10-12,14H2,1-4H3,(H,22,25)(H2,21,23,24). The number of hydrogen-bond donors (Lipinski definition) is 3. The number of thiophene rings is 1. The van der Waals surface area contributed by atoms with Crippen molar-refractivity contribution < 1.29 is 9.53 Å². The lowest BCUT2D eigenvalue weighted by molar-refractivity contribution is -0.0835. The molecule has 0 bridgehead atoms. The van der Waals surface area contributed by atoms with Crippen LogP contribution in [0.25, 0.3) is 0 Å². The molecule has 0 saturated carbocycles. The molecule has 0 spiro atoms. The Morgan fingerprint density at radius 2 is 2.07 bits per heavy atom. The number of nitrogens with zero attached hydrogens (tertiary/aromatic N) is 1. The number of carbonyl (C=O) groups is 1. The molecule has 2 atom stereocenters. The van der Waals surface area contributed by atoms with Crippen molar-refractivity contribution in [3.05, 3.63) is 22.4 Å². The van der Waals surface area contributed by atoms with E-state index in [-0.39, 0.29) is 17.4 Å². The van der Waals surface area contributed by atoms with Crippen LogP contribution < -0.4 is 16.0 Å². The third-order valence-electron chi connectivity index (χ3n) is 4.73. The van der Waals surface area contributed by atoms with E-state index in [1.165, 1.54) is 17.8 Å². The molecule has 152 valence electrons. The summed E-state index contributed by atoms with van der Waals surface area (Å²) in [5.74, 6) is 1.29. The molecule has 1 aliphatic heterocycles. The molecule has 1 aromatic heterocycles. The third kappa shape index (κ3) is 7.14. The number of hydrogen-bond acceptors (Lipinski definition) is 4. The van der Waals surface area contributed by atoms with Gasteiger partial charge in [0.2, 0.25) is 0 Å². The Morgan fingerprint density at radius 3 is 2.74 bits per heavy atom. The first-order valence-electron chi connectivity index (χ1n) is 9.79. The summed E-state index contributed by atoms with van der Waals surface area (Å²) in [4.78, 5) is 16.9. The first kappa shape index (κ1) is 21.7. The molecule has 0 aromatic carbocycles. The minimum atomic E-state index is -0.00183. The first-order chi connectivity index (χ1) is 12.9. The fraction of sp³-hybridized carbons (Fsp3) is 0.700. The Labute approximate surface area is 167 Å². The van der Waals surface area contributed by atoms with Crippen LogP contribution in [-0.2, 0) is 4.74 Å². The average molecular weight is 395 g/mol. The molecule has 1 saturated heterocycles. The molecule has 6 nitrogen and oxygen atoms in total. The van der Waals surface area contributed by atoms with Gasteiger partial charge in [-0.2, -0.15) is 0 Å². The van der Waals surface area contributed by atoms with Crippen molar-refractivity contribution in [1.29, 1.82) is 0 Å². The van der Waals surface area contributed by atoms with Gasteiger partial charge in [0.05, 0.1) is 11.0 Å². The summed E-state index contributed by atoms with van der Waals surface area (Å²) in [5, 5.41) is 11.6. The lowest BCUT2D eigenvalue weighted by Crippen LogP contribution is -2.47. The van der Waals surface area contributed by atoms with Gasteiger partial charge in [-0.25, -0.2) is 0 Å². The number of aliphatic imine (C=N–C) groups is 1. The zero-order chi connectivity index (χ0) is 19.7. The number of ether oxygens (including phenoxy) is 1. The normalized spacial score (nSPS) is 21.0. The first-order valence-corrected chi connectivity index (χ1v) is 10.7. The summed E-state index contributed by atoms with van der Waals surface area (Å²) in [6.07, 6.45) is 3.41.